The Morgan fingerprint density at radius 1 is 0.636 bits per heavy atom. The van der Waals surface area contributed by atoms with E-state index in [-0.39, 0.29) is 0 Å². The zero-order valence-corrected chi connectivity index (χ0v) is 11.7. The minimum absolute atomic E-state index is 0.357. The summed E-state index contributed by atoms with van der Waals surface area (Å²) in [6.07, 6.45) is 0. The van der Waals surface area contributed by atoms with Gasteiger partial charge in [-0.25, -0.2) is 0 Å². The molecule has 0 atom stereocenters. The highest BCUT2D eigenvalue weighted by molar-refractivity contribution is 5.98. The summed E-state index contributed by atoms with van der Waals surface area (Å²) in [5.41, 5.74) is 18.8. The molecule has 0 aromatic heterocycles. The lowest BCUT2D eigenvalue weighted by atomic mass is 10.00. The molecule has 0 bridgehead atoms. The molecule has 0 amide bonds. The summed E-state index contributed by atoms with van der Waals surface area (Å²) < 4.78 is 0. The van der Waals surface area contributed by atoms with Crippen molar-refractivity contribution in [3.8, 4) is 0 Å². The van der Waals surface area contributed by atoms with Crippen molar-refractivity contribution in [2.45, 2.75) is 13.1 Å². The van der Waals surface area contributed by atoms with Crippen LogP contribution in [0.4, 0.5) is 0 Å². The number of fused-ring (bicyclic) bond motifs is 2. The summed E-state index contributed by atoms with van der Waals surface area (Å²) in [7, 11) is 0. The third-order valence-electron chi connectivity index (χ3n) is 3.56. The van der Waals surface area contributed by atoms with Crippen molar-refractivity contribution < 1.29 is 0 Å². The molecular weight excluding hydrogens is 276 g/mol. The molecule has 0 spiro atoms. The summed E-state index contributed by atoms with van der Waals surface area (Å²) in [5.74, 6) is 0. The minimum atomic E-state index is 0.357. The van der Waals surface area contributed by atoms with Gasteiger partial charge in [0.1, 0.15) is 0 Å². The Hall–Kier alpha value is -3.20. The molecule has 0 saturated heterocycles. The summed E-state index contributed by atoms with van der Waals surface area (Å²) in [4.78, 5) is 5.57. The highest BCUT2D eigenvalue weighted by atomic mass is 15.1. The Bertz CT molecular complexity index is 870. The van der Waals surface area contributed by atoms with Gasteiger partial charge >= 0.3 is 0 Å². The van der Waals surface area contributed by atoms with Crippen molar-refractivity contribution in [1.82, 2.24) is 0 Å². The van der Waals surface area contributed by atoms with Gasteiger partial charge in [-0.05, 0) is 55.9 Å². The SMILES string of the molecule is [N-]=[N+]=NCc1ccc2cc3cc(CN=[N+]=[N-])ccc3cc2c1. The van der Waals surface area contributed by atoms with E-state index in [1.165, 1.54) is 0 Å². The topological polar surface area (TPSA) is 97.5 Å². The maximum Gasteiger partial charge on any atom is 0.0511 e. The summed E-state index contributed by atoms with van der Waals surface area (Å²) >= 11 is 0. The van der Waals surface area contributed by atoms with Crippen molar-refractivity contribution in [2.24, 2.45) is 10.2 Å². The van der Waals surface area contributed by atoms with Crippen LogP contribution in [0.5, 0.6) is 0 Å². The zero-order valence-electron chi connectivity index (χ0n) is 11.7. The first-order valence-electron chi connectivity index (χ1n) is 6.77. The highest BCUT2D eigenvalue weighted by Crippen LogP contribution is 2.25. The Balaban J connectivity index is 2.08. The van der Waals surface area contributed by atoms with Gasteiger partial charge in [0.2, 0.25) is 0 Å². The number of azide groups is 2. The van der Waals surface area contributed by atoms with Gasteiger partial charge < -0.3 is 0 Å². The van der Waals surface area contributed by atoms with Crippen LogP contribution in [0.1, 0.15) is 11.1 Å². The number of hydrogen-bond donors (Lipinski definition) is 0. The van der Waals surface area contributed by atoms with Gasteiger partial charge in [0, 0.05) is 9.82 Å². The quantitative estimate of drug-likeness (QED) is 0.258. The molecule has 0 aliphatic rings. The number of rotatable bonds is 4. The standard InChI is InChI=1S/C16H12N6/c17-21-19-9-11-1-3-13-7-16-6-12(10-20-22-18)2-4-14(16)8-15(13)5-11/h1-8H,9-10H2. The molecule has 0 saturated carbocycles. The monoisotopic (exact) mass is 288 g/mol. The Labute approximate surface area is 126 Å². The number of hydrogen-bond acceptors (Lipinski definition) is 2. The largest absolute Gasteiger partial charge is 0.0893 e. The Morgan fingerprint density at radius 2 is 1.09 bits per heavy atom. The van der Waals surface area contributed by atoms with Gasteiger partial charge in [0.25, 0.3) is 0 Å². The second-order valence-electron chi connectivity index (χ2n) is 4.99. The molecule has 3 aromatic carbocycles. The van der Waals surface area contributed by atoms with Gasteiger partial charge in [0.05, 0.1) is 13.1 Å². The molecule has 0 aliphatic heterocycles. The van der Waals surface area contributed by atoms with Crippen LogP contribution in [0, 0.1) is 0 Å². The van der Waals surface area contributed by atoms with Crippen LogP contribution in [-0.4, -0.2) is 0 Å². The van der Waals surface area contributed by atoms with Crippen LogP contribution in [0.3, 0.4) is 0 Å². The molecule has 0 aliphatic carbocycles. The molecule has 0 radical (unpaired) electrons. The molecular formula is C16H12N6. The predicted octanol–water partition coefficient (Wildman–Crippen LogP) is 5.61. The second-order valence-corrected chi connectivity index (χ2v) is 4.99. The van der Waals surface area contributed by atoms with Gasteiger partial charge in [-0.1, -0.05) is 46.6 Å². The first kappa shape index (κ1) is 13.8. The van der Waals surface area contributed by atoms with E-state index in [2.05, 4.69) is 32.2 Å². The van der Waals surface area contributed by atoms with Crippen molar-refractivity contribution >= 4 is 21.5 Å². The Kier molecular flexibility index (Phi) is 3.79. The summed E-state index contributed by atoms with van der Waals surface area (Å²) in [5, 5.41) is 11.7. The fourth-order valence-corrected chi connectivity index (χ4v) is 2.52. The van der Waals surface area contributed by atoms with E-state index < -0.39 is 0 Å². The molecule has 0 fully saturated rings. The van der Waals surface area contributed by atoms with Crippen LogP contribution < -0.4 is 0 Å². The minimum Gasteiger partial charge on any atom is -0.0893 e. The highest BCUT2D eigenvalue weighted by Gasteiger charge is 2.01. The van der Waals surface area contributed by atoms with E-state index >= 15 is 0 Å². The van der Waals surface area contributed by atoms with Gasteiger partial charge in [0.15, 0.2) is 0 Å². The van der Waals surface area contributed by atoms with E-state index in [1.54, 1.807) is 0 Å². The van der Waals surface area contributed by atoms with Crippen LogP contribution in [-0.2, 0) is 13.1 Å². The lowest BCUT2D eigenvalue weighted by Gasteiger charge is -2.06. The first-order valence-corrected chi connectivity index (χ1v) is 6.77. The molecule has 3 rings (SSSR count). The van der Waals surface area contributed by atoms with Gasteiger partial charge in [-0.3, -0.25) is 0 Å². The van der Waals surface area contributed by atoms with E-state index in [9.17, 15) is 0 Å². The fourth-order valence-electron chi connectivity index (χ4n) is 2.52. The Morgan fingerprint density at radius 3 is 1.50 bits per heavy atom. The lowest BCUT2D eigenvalue weighted by Crippen LogP contribution is -1.84. The average Bonchev–Trinajstić information content (AvgIpc) is 2.56. The molecule has 6 heteroatoms. The molecule has 0 heterocycles. The van der Waals surface area contributed by atoms with Crippen LogP contribution in [0.2, 0.25) is 0 Å². The molecule has 0 unspecified atom stereocenters. The van der Waals surface area contributed by atoms with Crippen molar-refractivity contribution in [3.05, 3.63) is 80.5 Å². The smallest absolute Gasteiger partial charge is 0.0511 e. The molecule has 106 valence electrons. The third-order valence-corrected chi connectivity index (χ3v) is 3.56. The van der Waals surface area contributed by atoms with Crippen molar-refractivity contribution in [3.63, 3.8) is 0 Å². The predicted molar refractivity (Wildman–Crippen MR) is 87.2 cm³/mol. The maximum absolute atomic E-state index is 8.40. The van der Waals surface area contributed by atoms with E-state index in [1.807, 2.05) is 36.4 Å². The third kappa shape index (κ3) is 2.79. The van der Waals surface area contributed by atoms with Crippen molar-refractivity contribution in [1.29, 1.82) is 0 Å². The molecule has 22 heavy (non-hydrogen) atoms. The maximum atomic E-state index is 8.40. The van der Waals surface area contributed by atoms with E-state index in [0.29, 0.717) is 13.1 Å². The lowest BCUT2D eigenvalue weighted by molar-refractivity contribution is 1.05. The van der Waals surface area contributed by atoms with Crippen LogP contribution in [0.25, 0.3) is 42.4 Å². The van der Waals surface area contributed by atoms with Gasteiger partial charge in [-0.2, -0.15) is 0 Å². The van der Waals surface area contributed by atoms with Crippen molar-refractivity contribution in [2.75, 3.05) is 0 Å². The first-order chi connectivity index (χ1) is 10.8. The average molecular weight is 288 g/mol. The number of benzene rings is 3. The van der Waals surface area contributed by atoms with Crippen LogP contribution >= 0.6 is 0 Å². The molecule has 3 aromatic rings. The zero-order chi connectivity index (χ0) is 15.4. The van der Waals surface area contributed by atoms with E-state index in [0.717, 1.165) is 32.7 Å². The summed E-state index contributed by atoms with van der Waals surface area (Å²) in [6, 6.07) is 16.3. The normalized spacial score (nSPS) is 10.2. The second kappa shape index (κ2) is 6.06. The fraction of sp³-hybridized carbons (Fsp3) is 0.125. The molecule has 0 N–H and O–H groups in total. The van der Waals surface area contributed by atoms with Gasteiger partial charge in [-0.15, -0.1) is 0 Å². The van der Waals surface area contributed by atoms with E-state index in [4.69, 9.17) is 11.1 Å². The molecule has 6 nitrogen and oxygen atoms in total. The van der Waals surface area contributed by atoms with Crippen LogP contribution in [0.15, 0.2) is 58.8 Å². The summed E-state index contributed by atoms with van der Waals surface area (Å²) in [6.45, 7) is 0.713. The number of nitrogens with zero attached hydrogens (tertiary/aromatic N) is 6.